The van der Waals surface area contributed by atoms with Crippen LogP contribution in [0.25, 0.3) is 6.08 Å². The number of aliphatic carboxylic acids is 1. The van der Waals surface area contributed by atoms with Crippen LogP contribution in [0.4, 0.5) is 5.69 Å². The number of methoxy groups -OCH3 is 2. The number of allylic oxidation sites excluding steroid dienone is 1. The summed E-state index contributed by atoms with van der Waals surface area (Å²) in [6.45, 7) is 2.74. The molecule has 1 atom stereocenters. The summed E-state index contributed by atoms with van der Waals surface area (Å²) in [6, 6.07) is 11.4. The smallest absolute Gasteiger partial charge is 0.338 e. The third-order valence-electron chi connectivity index (χ3n) is 5.45. The molecule has 202 valence electrons. The number of esters is 2. The van der Waals surface area contributed by atoms with Gasteiger partial charge in [-0.25, -0.2) is 14.6 Å². The van der Waals surface area contributed by atoms with Crippen LogP contribution in [0.15, 0.2) is 69.6 Å². The van der Waals surface area contributed by atoms with Gasteiger partial charge in [0, 0.05) is 19.1 Å². The molecule has 0 saturated carbocycles. The highest BCUT2D eigenvalue weighted by Crippen LogP contribution is 2.30. The average molecular weight is 554 g/mol. The van der Waals surface area contributed by atoms with E-state index < -0.39 is 34.4 Å². The van der Waals surface area contributed by atoms with Crippen molar-refractivity contribution in [2.45, 2.75) is 19.9 Å². The van der Waals surface area contributed by atoms with E-state index >= 15 is 0 Å². The van der Waals surface area contributed by atoms with Gasteiger partial charge < -0.3 is 14.6 Å². The second-order valence-electron chi connectivity index (χ2n) is 8.06. The highest BCUT2D eigenvalue weighted by atomic mass is 32.1. The van der Waals surface area contributed by atoms with Crippen LogP contribution in [0.1, 0.15) is 41.4 Å². The SMILES string of the molecule is CC(=O)O.COC(=O)C1=C(C)N=c2s/c(=C/c3cccc([N+](=O)[O-])c3)c(=O)n2C1c1ccc(C(=O)OC)cc1. The van der Waals surface area contributed by atoms with Gasteiger partial charge >= 0.3 is 11.9 Å². The Morgan fingerprint density at radius 3 is 2.28 bits per heavy atom. The number of carbonyl (C=O) groups excluding carboxylic acids is 2. The minimum Gasteiger partial charge on any atom is -0.481 e. The van der Waals surface area contributed by atoms with Crippen molar-refractivity contribution in [2.24, 2.45) is 4.99 Å². The number of benzene rings is 2. The van der Waals surface area contributed by atoms with Crippen LogP contribution >= 0.6 is 11.3 Å². The second-order valence-corrected chi connectivity index (χ2v) is 9.07. The van der Waals surface area contributed by atoms with Crippen LogP contribution in [0, 0.1) is 10.1 Å². The first-order valence-electron chi connectivity index (χ1n) is 11.2. The normalized spacial score (nSPS) is 14.4. The first-order chi connectivity index (χ1) is 18.5. The molecule has 1 N–H and O–H groups in total. The standard InChI is InChI=1S/C24H19N3O7S.C2H4O2/c1-13-19(23(30)34-3)20(15-7-9-16(10-8-15)22(29)33-2)26-21(28)18(35-24(26)25-13)12-14-5-4-6-17(11-14)27(31)32;1-2(3)4/h4-12,20H,1-3H3;1H3,(H,3,4)/b18-12+;. The van der Waals surface area contributed by atoms with Crippen LogP contribution in [0.5, 0.6) is 0 Å². The molecule has 0 radical (unpaired) electrons. The summed E-state index contributed by atoms with van der Waals surface area (Å²) in [7, 11) is 2.52. The number of carboxylic acid groups (broad SMARTS) is 1. The molecule has 1 unspecified atom stereocenters. The van der Waals surface area contributed by atoms with Crippen LogP contribution in [0.3, 0.4) is 0 Å². The van der Waals surface area contributed by atoms with Crippen molar-refractivity contribution in [2.75, 3.05) is 14.2 Å². The molecule has 0 amide bonds. The fraction of sp³-hybridized carbons (Fsp3) is 0.192. The van der Waals surface area contributed by atoms with Crippen molar-refractivity contribution in [1.29, 1.82) is 0 Å². The van der Waals surface area contributed by atoms with Crippen molar-refractivity contribution in [3.63, 3.8) is 0 Å². The number of nitro benzene ring substituents is 1. The fourth-order valence-electron chi connectivity index (χ4n) is 3.81. The summed E-state index contributed by atoms with van der Waals surface area (Å²) >= 11 is 1.10. The third-order valence-corrected chi connectivity index (χ3v) is 6.44. The second kappa shape index (κ2) is 12.1. The number of carboxylic acids is 1. The van der Waals surface area contributed by atoms with E-state index in [1.807, 2.05) is 0 Å². The molecule has 3 aromatic rings. The molecule has 1 aromatic heterocycles. The molecule has 4 rings (SSSR count). The highest BCUT2D eigenvalue weighted by molar-refractivity contribution is 7.07. The number of thiazole rings is 1. The molecular formula is C26H23N3O9S. The van der Waals surface area contributed by atoms with Crippen LogP contribution in [-0.4, -0.2) is 46.7 Å². The van der Waals surface area contributed by atoms with Gasteiger partial charge in [0.05, 0.1) is 46.6 Å². The number of nitrogens with zero attached hydrogens (tertiary/aromatic N) is 3. The Labute approximate surface area is 224 Å². The van der Waals surface area contributed by atoms with Gasteiger partial charge in [-0.05, 0) is 36.3 Å². The van der Waals surface area contributed by atoms with Gasteiger partial charge in [-0.15, -0.1) is 0 Å². The molecule has 13 heteroatoms. The van der Waals surface area contributed by atoms with Crippen LogP contribution in [0.2, 0.25) is 0 Å². The molecule has 12 nitrogen and oxygen atoms in total. The van der Waals surface area contributed by atoms with Crippen molar-refractivity contribution in [1.82, 2.24) is 4.57 Å². The lowest BCUT2D eigenvalue weighted by atomic mass is 9.95. The first-order valence-corrected chi connectivity index (χ1v) is 12.0. The number of aromatic nitrogens is 1. The zero-order valence-corrected chi connectivity index (χ0v) is 22.1. The predicted octanol–water partition coefficient (Wildman–Crippen LogP) is 2.19. The number of carbonyl (C=O) groups is 3. The number of fused-ring (bicyclic) bond motifs is 1. The van der Waals surface area contributed by atoms with Gasteiger partial charge in [0.2, 0.25) is 0 Å². The van der Waals surface area contributed by atoms with Crippen molar-refractivity contribution >= 4 is 41.0 Å². The van der Waals surface area contributed by atoms with Gasteiger partial charge in [-0.3, -0.25) is 24.3 Å². The first kappa shape index (κ1) is 28.7. The minimum atomic E-state index is -0.849. The van der Waals surface area contributed by atoms with E-state index in [0.717, 1.165) is 18.3 Å². The molecular weight excluding hydrogens is 530 g/mol. The molecule has 39 heavy (non-hydrogen) atoms. The molecule has 0 spiro atoms. The van der Waals surface area contributed by atoms with Crippen molar-refractivity contribution in [3.8, 4) is 0 Å². The molecule has 0 bridgehead atoms. The summed E-state index contributed by atoms with van der Waals surface area (Å²) in [5.74, 6) is -1.99. The Hall–Kier alpha value is -4.91. The zero-order chi connectivity index (χ0) is 28.9. The lowest BCUT2D eigenvalue weighted by Crippen LogP contribution is -2.39. The number of non-ortho nitro benzene ring substituents is 1. The van der Waals surface area contributed by atoms with Gasteiger partial charge in [0.1, 0.15) is 0 Å². The average Bonchev–Trinajstić information content (AvgIpc) is 3.20. The van der Waals surface area contributed by atoms with Gasteiger partial charge in [0.25, 0.3) is 17.2 Å². The Bertz CT molecular complexity index is 1660. The summed E-state index contributed by atoms with van der Waals surface area (Å²) < 4.78 is 11.4. The maximum absolute atomic E-state index is 13.5. The van der Waals surface area contributed by atoms with Gasteiger partial charge in [-0.1, -0.05) is 35.6 Å². The van der Waals surface area contributed by atoms with E-state index in [4.69, 9.17) is 19.4 Å². The maximum atomic E-state index is 13.5. The molecule has 2 aromatic carbocycles. The van der Waals surface area contributed by atoms with E-state index in [1.54, 1.807) is 43.3 Å². The monoisotopic (exact) mass is 553 g/mol. The summed E-state index contributed by atoms with van der Waals surface area (Å²) in [4.78, 5) is 62.5. The van der Waals surface area contributed by atoms with E-state index in [1.165, 1.54) is 37.0 Å². The minimum absolute atomic E-state index is 0.0982. The zero-order valence-electron chi connectivity index (χ0n) is 21.2. The van der Waals surface area contributed by atoms with Gasteiger partial charge in [-0.2, -0.15) is 0 Å². The van der Waals surface area contributed by atoms with Gasteiger partial charge in [0.15, 0.2) is 4.80 Å². The Morgan fingerprint density at radius 1 is 1.10 bits per heavy atom. The highest BCUT2D eigenvalue weighted by Gasteiger charge is 2.33. The Morgan fingerprint density at radius 2 is 1.72 bits per heavy atom. The number of nitro groups is 1. The third kappa shape index (κ3) is 6.33. The number of hydrogen-bond acceptors (Lipinski definition) is 10. The maximum Gasteiger partial charge on any atom is 0.338 e. The molecule has 2 heterocycles. The quantitative estimate of drug-likeness (QED) is 0.283. The Kier molecular flexibility index (Phi) is 8.88. The Balaban J connectivity index is 0.000000983. The van der Waals surface area contributed by atoms with E-state index in [2.05, 4.69) is 4.99 Å². The molecule has 0 aliphatic carbocycles. The molecule has 0 fully saturated rings. The lowest BCUT2D eigenvalue weighted by molar-refractivity contribution is -0.384. The summed E-state index contributed by atoms with van der Waals surface area (Å²) in [5.41, 5.74) is 1.42. The lowest BCUT2D eigenvalue weighted by Gasteiger charge is -2.24. The molecule has 0 saturated heterocycles. The summed E-state index contributed by atoms with van der Waals surface area (Å²) in [6.07, 6.45) is 1.55. The topological polar surface area (TPSA) is 167 Å². The predicted molar refractivity (Wildman–Crippen MR) is 140 cm³/mol. The molecule has 1 aliphatic rings. The summed E-state index contributed by atoms with van der Waals surface area (Å²) in [5, 5.41) is 18.5. The van der Waals surface area contributed by atoms with Crippen molar-refractivity contribution in [3.05, 3.63) is 106 Å². The van der Waals surface area contributed by atoms with E-state index in [-0.39, 0.29) is 11.3 Å². The molecule has 1 aliphatic heterocycles. The van der Waals surface area contributed by atoms with E-state index in [9.17, 15) is 24.5 Å². The number of rotatable bonds is 5. The fourth-order valence-corrected chi connectivity index (χ4v) is 4.85. The number of ether oxygens (including phenoxy) is 2. The van der Waals surface area contributed by atoms with Crippen molar-refractivity contribution < 1.29 is 33.9 Å². The van der Waals surface area contributed by atoms with Crippen LogP contribution < -0.4 is 14.9 Å². The largest absolute Gasteiger partial charge is 0.481 e. The number of hydrogen-bond donors (Lipinski definition) is 1. The van der Waals surface area contributed by atoms with E-state index in [0.29, 0.717) is 31.7 Å². The van der Waals surface area contributed by atoms with Crippen LogP contribution in [-0.2, 0) is 19.1 Å².